The van der Waals surface area contributed by atoms with Crippen LogP contribution in [0.25, 0.3) is 0 Å². The molecule has 1 nitrogen and oxygen atoms in total. The van der Waals surface area contributed by atoms with Crippen molar-refractivity contribution in [1.82, 2.24) is 0 Å². The predicted octanol–water partition coefficient (Wildman–Crippen LogP) is 6.95. The molecule has 0 N–H and O–H groups in total. The van der Waals surface area contributed by atoms with E-state index in [0.29, 0.717) is 18.3 Å². The number of benzene rings is 1. The molecule has 0 fully saturated rings. The van der Waals surface area contributed by atoms with E-state index in [4.69, 9.17) is 4.74 Å². The van der Waals surface area contributed by atoms with E-state index in [1.807, 2.05) is 39.0 Å². The first-order chi connectivity index (χ1) is 11.1. The maximum absolute atomic E-state index is 5.87. The summed E-state index contributed by atoms with van der Waals surface area (Å²) in [5.74, 6) is 1.23. The Morgan fingerprint density at radius 3 is 2.48 bits per heavy atom. The van der Waals surface area contributed by atoms with E-state index in [1.165, 1.54) is 11.1 Å². The van der Waals surface area contributed by atoms with Crippen LogP contribution in [0.3, 0.4) is 0 Å². The molecule has 0 heterocycles. The van der Waals surface area contributed by atoms with Crippen molar-refractivity contribution >= 4 is 0 Å². The molecule has 0 bridgehead atoms. The molecule has 1 aromatic rings. The fourth-order valence-electron chi connectivity index (χ4n) is 2.14. The Kier molecular flexibility index (Phi) is 11.4. The molecule has 0 saturated heterocycles. The molecular weight excluding hydrogens is 280 g/mol. The van der Waals surface area contributed by atoms with E-state index in [0.717, 1.165) is 12.0 Å². The predicted molar refractivity (Wildman–Crippen MR) is 104 cm³/mol. The van der Waals surface area contributed by atoms with Crippen molar-refractivity contribution < 1.29 is 4.74 Å². The summed E-state index contributed by atoms with van der Waals surface area (Å²) in [6.45, 7) is 18.7. The molecule has 0 radical (unpaired) electrons. The molecule has 126 valence electrons. The smallest absolute Gasteiger partial charge is 0.119 e. The fraction of sp³-hybridized carbons (Fsp3) is 0.364. The van der Waals surface area contributed by atoms with Crippen LogP contribution in [0, 0.1) is 0 Å². The largest absolute Gasteiger partial charge is 0.489 e. The first-order valence-electron chi connectivity index (χ1n) is 8.49. The van der Waals surface area contributed by atoms with Gasteiger partial charge in [-0.05, 0) is 30.4 Å². The summed E-state index contributed by atoms with van der Waals surface area (Å²) in [6.07, 6.45) is 8.70. The van der Waals surface area contributed by atoms with Crippen molar-refractivity contribution in [3.63, 3.8) is 0 Å². The zero-order chi connectivity index (χ0) is 17.7. The lowest BCUT2D eigenvalue weighted by Crippen LogP contribution is -2.01. The summed E-state index contributed by atoms with van der Waals surface area (Å²) in [5.41, 5.74) is 3.57. The second kappa shape index (κ2) is 12.5. The molecular formula is C22H32O. The molecule has 1 unspecified atom stereocenters. The Balaban J connectivity index is 0.00000232. The molecule has 0 spiro atoms. The summed E-state index contributed by atoms with van der Waals surface area (Å²) in [4.78, 5) is 0. The van der Waals surface area contributed by atoms with Crippen LogP contribution in [0.1, 0.15) is 58.1 Å². The van der Waals surface area contributed by atoms with Crippen LogP contribution >= 0.6 is 0 Å². The van der Waals surface area contributed by atoms with Gasteiger partial charge in [0.05, 0.1) is 0 Å². The Morgan fingerprint density at radius 2 is 1.91 bits per heavy atom. The lowest BCUT2D eigenvalue weighted by Gasteiger charge is -2.16. The normalized spacial score (nSPS) is 12.3. The van der Waals surface area contributed by atoms with Crippen molar-refractivity contribution in [1.29, 1.82) is 0 Å². The van der Waals surface area contributed by atoms with Gasteiger partial charge in [0.2, 0.25) is 0 Å². The Labute approximate surface area is 143 Å². The van der Waals surface area contributed by atoms with E-state index < -0.39 is 0 Å². The summed E-state index contributed by atoms with van der Waals surface area (Å²) in [5, 5.41) is 0. The van der Waals surface area contributed by atoms with Gasteiger partial charge < -0.3 is 4.74 Å². The van der Waals surface area contributed by atoms with Crippen molar-refractivity contribution in [2.75, 3.05) is 0 Å². The summed E-state index contributed by atoms with van der Waals surface area (Å²) < 4.78 is 5.87. The minimum atomic E-state index is 0.542. The Bertz CT molecular complexity index is 535. The lowest BCUT2D eigenvalue weighted by atomic mass is 9.94. The van der Waals surface area contributed by atoms with E-state index in [-0.39, 0.29) is 0 Å². The van der Waals surface area contributed by atoms with Crippen LogP contribution in [0.15, 0.2) is 73.1 Å². The second-order valence-corrected chi connectivity index (χ2v) is 5.06. The van der Waals surface area contributed by atoms with E-state index in [9.17, 15) is 0 Å². The van der Waals surface area contributed by atoms with Gasteiger partial charge in [0.25, 0.3) is 0 Å². The Hall–Kier alpha value is -2.02. The molecule has 1 rings (SSSR count). The molecule has 0 saturated carbocycles. The quantitative estimate of drug-likeness (QED) is 0.373. The van der Waals surface area contributed by atoms with Gasteiger partial charge in [-0.3, -0.25) is 0 Å². The maximum atomic E-state index is 5.87. The molecule has 0 aliphatic heterocycles. The van der Waals surface area contributed by atoms with Crippen LogP contribution in [0.4, 0.5) is 0 Å². The Morgan fingerprint density at radius 1 is 1.26 bits per heavy atom. The van der Waals surface area contributed by atoms with Crippen LogP contribution in [-0.4, -0.2) is 0 Å². The molecule has 1 aromatic carbocycles. The van der Waals surface area contributed by atoms with E-state index in [2.05, 4.69) is 51.3 Å². The van der Waals surface area contributed by atoms with Gasteiger partial charge in [0, 0.05) is 5.57 Å². The van der Waals surface area contributed by atoms with Gasteiger partial charge in [0.1, 0.15) is 12.4 Å². The zero-order valence-corrected chi connectivity index (χ0v) is 15.4. The van der Waals surface area contributed by atoms with Gasteiger partial charge in [-0.25, -0.2) is 0 Å². The highest BCUT2D eigenvalue weighted by molar-refractivity contribution is 5.36. The average Bonchev–Trinajstić information content (AvgIpc) is 2.61. The SMILES string of the molecule is C=C/C=C\C(=C/C)C(=C)OCc1ccccc1C(C)CC.CC. The molecule has 23 heavy (non-hydrogen) atoms. The molecule has 1 heteroatoms. The second-order valence-electron chi connectivity index (χ2n) is 5.06. The van der Waals surface area contributed by atoms with Crippen molar-refractivity contribution in [2.24, 2.45) is 0 Å². The van der Waals surface area contributed by atoms with Crippen LogP contribution < -0.4 is 0 Å². The fourth-order valence-corrected chi connectivity index (χ4v) is 2.14. The van der Waals surface area contributed by atoms with Gasteiger partial charge in [-0.15, -0.1) is 0 Å². The third-order valence-electron chi connectivity index (χ3n) is 3.65. The number of hydrogen-bond acceptors (Lipinski definition) is 1. The summed E-state index contributed by atoms with van der Waals surface area (Å²) in [7, 11) is 0. The van der Waals surface area contributed by atoms with Crippen molar-refractivity contribution in [3.05, 3.63) is 84.2 Å². The molecule has 1 atom stereocenters. The molecule has 0 aliphatic carbocycles. The highest BCUT2D eigenvalue weighted by atomic mass is 16.5. The molecule has 0 amide bonds. The van der Waals surface area contributed by atoms with Crippen LogP contribution in [-0.2, 0) is 11.3 Å². The minimum absolute atomic E-state index is 0.542. The van der Waals surface area contributed by atoms with Gasteiger partial charge in [-0.1, -0.05) is 89.4 Å². The highest BCUT2D eigenvalue weighted by Crippen LogP contribution is 2.24. The topological polar surface area (TPSA) is 9.23 Å². The number of allylic oxidation sites excluding steroid dienone is 4. The van der Waals surface area contributed by atoms with Gasteiger partial charge >= 0.3 is 0 Å². The van der Waals surface area contributed by atoms with Crippen molar-refractivity contribution in [3.8, 4) is 0 Å². The monoisotopic (exact) mass is 312 g/mol. The highest BCUT2D eigenvalue weighted by Gasteiger charge is 2.09. The average molecular weight is 312 g/mol. The number of hydrogen-bond donors (Lipinski definition) is 0. The minimum Gasteiger partial charge on any atom is -0.489 e. The first-order valence-corrected chi connectivity index (χ1v) is 8.49. The van der Waals surface area contributed by atoms with E-state index in [1.54, 1.807) is 6.08 Å². The van der Waals surface area contributed by atoms with Crippen LogP contribution in [0.5, 0.6) is 0 Å². The number of ether oxygens (including phenoxy) is 1. The third-order valence-corrected chi connectivity index (χ3v) is 3.65. The van der Waals surface area contributed by atoms with Gasteiger partial charge in [0.15, 0.2) is 0 Å². The van der Waals surface area contributed by atoms with Crippen molar-refractivity contribution in [2.45, 2.75) is 53.6 Å². The summed E-state index contributed by atoms with van der Waals surface area (Å²) in [6, 6.07) is 8.46. The van der Waals surface area contributed by atoms with Crippen LogP contribution in [0.2, 0.25) is 0 Å². The molecule has 0 aliphatic rings. The van der Waals surface area contributed by atoms with E-state index >= 15 is 0 Å². The van der Waals surface area contributed by atoms with Gasteiger partial charge in [-0.2, -0.15) is 0 Å². The summed E-state index contributed by atoms with van der Waals surface area (Å²) >= 11 is 0. The lowest BCUT2D eigenvalue weighted by molar-refractivity contribution is 0.208. The molecule has 0 aromatic heterocycles. The first kappa shape index (κ1) is 21.0. The maximum Gasteiger partial charge on any atom is 0.119 e. The third kappa shape index (κ3) is 7.19. The zero-order valence-electron chi connectivity index (χ0n) is 15.4. The number of rotatable bonds is 8. The standard InChI is InChI=1S/C20H26O.C2H6/c1-6-9-12-18(8-3)17(5)21-15-19-13-10-11-14-20(19)16(4)7-2;1-2/h6,8-14,16H,1,5,7,15H2,2-4H3;1-2H3/b12-9-,18-8+;.